The van der Waals surface area contributed by atoms with Crippen molar-refractivity contribution in [3.05, 3.63) is 0 Å². The fraction of sp³-hybridized carbons (Fsp3) is 0.857. The van der Waals surface area contributed by atoms with Crippen LogP contribution in [0.1, 0.15) is 45.4 Å². The average molecular weight is 304 g/mol. The number of nitrogens with one attached hydrogen (secondary N) is 2. The van der Waals surface area contributed by atoms with E-state index in [0.29, 0.717) is 24.5 Å². The molecule has 0 saturated carbocycles. The lowest BCUT2D eigenvalue weighted by Gasteiger charge is -2.35. The Labute approximate surface area is 127 Å². The van der Waals surface area contributed by atoms with Gasteiger partial charge < -0.3 is 15.5 Å². The number of likely N-dealkylation sites (N-methyl/N-ethyl adjacent to an activating group) is 1. The first-order chi connectivity index (χ1) is 9.10. The number of amides is 2. The Hall–Kier alpha value is -0.810. The summed E-state index contributed by atoms with van der Waals surface area (Å²) in [5, 5.41) is 6.27. The molecule has 2 atom stereocenters. The molecule has 2 unspecified atom stereocenters. The summed E-state index contributed by atoms with van der Waals surface area (Å²) in [7, 11) is 1.86. The van der Waals surface area contributed by atoms with Gasteiger partial charge in [0.05, 0.1) is 6.54 Å². The maximum Gasteiger partial charge on any atom is 0.241 e. The van der Waals surface area contributed by atoms with E-state index in [1.807, 2.05) is 18.9 Å². The van der Waals surface area contributed by atoms with Crippen LogP contribution in [-0.2, 0) is 9.59 Å². The molecule has 2 saturated heterocycles. The number of carbonyl (C=O) groups excluding carboxylic acids is 2. The summed E-state index contributed by atoms with van der Waals surface area (Å²) in [5.41, 5.74) is 0. The van der Waals surface area contributed by atoms with E-state index in [-0.39, 0.29) is 30.8 Å². The predicted molar refractivity (Wildman–Crippen MR) is 80.9 cm³/mol. The monoisotopic (exact) mass is 303 g/mol. The number of hydrogen-bond acceptors (Lipinski definition) is 3. The van der Waals surface area contributed by atoms with Gasteiger partial charge in [0.1, 0.15) is 0 Å². The summed E-state index contributed by atoms with van der Waals surface area (Å²) in [6.07, 6.45) is 5.86. The Morgan fingerprint density at radius 3 is 2.40 bits per heavy atom. The van der Waals surface area contributed by atoms with Gasteiger partial charge in [-0.15, -0.1) is 12.4 Å². The van der Waals surface area contributed by atoms with E-state index < -0.39 is 0 Å². The highest BCUT2D eigenvalue weighted by Crippen LogP contribution is 2.29. The van der Waals surface area contributed by atoms with E-state index in [1.54, 1.807) is 0 Å². The molecule has 0 radical (unpaired) electrons. The summed E-state index contributed by atoms with van der Waals surface area (Å²) < 4.78 is 0. The van der Waals surface area contributed by atoms with Crippen LogP contribution >= 0.6 is 12.4 Å². The van der Waals surface area contributed by atoms with Crippen LogP contribution < -0.4 is 10.6 Å². The van der Waals surface area contributed by atoms with Gasteiger partial charge in [0.25, 0.3) is 0 Å². The number of fused-ring (bicyclic) bond motifs is 2. The van der Waals surface area contributed by atoms with Crippen LogP contribution in [0.15, 0.2) is 0 Å². The minimum absolute atomic E-state index is 0. The van der Waals surface area contributed by atoms with Crippen molar-refractivity contribution < 1.29 is 9.59 Å². The lowest BCUT2D eigenvalue weighted by Crippen LogP contribution is -2.50. The van der Waals surface area contributed by atoms with Crippen LogP contribution in [-0.4, -0.2) is 48.4 Å². The van der Waals surface area contributed by atoms with Crippen molar-refractivity contribution in [2.45, 2.75) is 63.6 Å². The van der Waals surface area contributed by atoms with Gasteiger partial charge in [-0.05, 0) is 32.1 Å². The minimum atomic E-state index is -0.0327. The number of piperidine rings is 1. The van der Waals surface area contributed by atoms with E-state index in [0.717, 1.165) is 19.3 Å². The summed E-state index contributed by atoms with van der Waals surface area (Å²) in [6.45, 7) is 2.09. The van der Waals surface area contributed by atoms with Crippen molar-refractivity contribution >= 4 is 24.2 Å². The van der Waals surface area contributed by atoms with Gasteiger partial charge in [-0.2, -0.15) is 0 Å². The van der Waals surface area contributed by atoms with Crippen molar-refractivity contribution in [3.63, 3.8) is 0 Å². The van der Waals surface area contributed by atoms with Gasteiger partial charge >= 0.3 is 0 Å². The quantitative estimate of drug-likeness (QED) is 0.798. The number of carbonyl (C=O) groups is 2. The van der Waals surface area contributed by atoms with Gasteiger partial charge in [0, 0.05) is 31.6 Å². The maximum absolute atomic E-state index is 12.1. The molecule has 2 rings (SSSR count). The Balaban J connectivity index is 0.00000200. The second kappa shape index (κ2) is 7.84. The van der Waals surface area contributed by atoms with Crippen molar-refractivity contribution in [1.82, 2.24) is 15.5 Å². The van der Waals surface area contributed by atoms with Crippen LogP contribution in [0, 0.1) is 0 Å². The van der Waals surface area contributed by atoms with Crippen LogP contribution in [0.3, 0.4) is 0 Å². The maximum atomic E-state index is 12.1. The molecule has 116 valence electrons. The first kappa shape index (κ1) is 17.2. The normalized spacial score (nSPS) is 27.6. The predicted octanol–water partition coefficient (Wildman–Crippen LogP) is 1.07. The minimum Gasteiger partial charge on any atom is -0.347 e. The smallest absolute Gasteiger partial charge is 0.241 e. The van der Waals surface area contributed by atoms with Gasteiger partial charge in [0.15, 0.2) is 0 Å². The molecule has 0 aromatic rings. The molecule has 2 aliphatic rings. The molecule has 2 heterocycles. The second-order valence-corrected chi connectivity index (χ2v) is 5.79. The Morgan fingerprint density at radius 2 is 1.85 bits per heavy atom. The van der Waals surface area contributed by atoms with E-state index in [1.165, 1.54) is 12.8 Å². The zero-order valence-corrected chi connectivity index (χ0v) is 13.2. The zero-order chi connectivity index (χ0) is 13.8. The van der Waals surface area contributed by atoms with E-state index in [4.69, 9.17) is 0 Å². The van der Waals surface area contributed by atoms with E-state index in [9.17, 15) is 9.59 Å². The van der Waals surface area contributed by atoms with Crippen LogP contribution in [0.25, 0.3) is 0 Å². The molecule has 20 heavy (non-hydrogen) atoms. The fourth-order valence-corrected chi connectivity index (χ4v) is 3.16. The van der Waals surface area contributed by atoms with Crippen molar-refractivity contribution in [2.24, 2.45) is 0 Å². The van der Waals surface area contributed by atoms with Gasteiger partial charge in [-0.1, -0.05) is 6.92 Å². The Morgan fingerprint density at radius 1 is 1.25 bits per heavy atom. The fourth-order valence-electron chi connectivity index (χ4n) is 3.16. The van der Waals surface area contributed by atoms with Crippen molar-refractivity contribution in [1.29, 1.82) is 0 Å². The number of nitrogens with zero attached hydrogens (tertiary/aromatic N) is 1. The molecule has 0 spiro atoms. The molecular weight excluding hydrogens is 278 g/mol. The molecule has 5 nitrogen and oxygen atoms in total. The zero-order valence-electron chi connectivity index (χ0n) is 12.4. The van der Waals surface area contributed by atoms with E-state index >= 15 is 0 Å². The molecule has 2 fully saturated rings. The highest BCUT2D eigenvalue weighted by Gasteiger charge is 2.36. The first-order valence-corrected chi connectivity index (χ1v) is 7.38. The number of hydrogen-bond donors (Lipinski definition) is 2. The number of halogens is 1. The lowest BCUT2D eigenvalue weighted by atomic mass is 9.98. The molecule has 2 bridgehead atoms. The molecular formula is C14H26ClN3O2. The molecule has 2 N–H and O–H groups in total. The first-order valence-electron chi connectivity index (χ1n) is 7.38. The topological polar surface area (TPSA) is 61.4 Å². The summed E-state index contributed by atoms with van der Waals surface area (Å²) in [6, 6.07) is 1.48. The highest BCUT2D eigenvalue weighted by molar-refractivity contribution is 5.85. The summed E-state index contributed by atoms with van der Waals surface area (Å²) >= 11 is 0. The molecule has 0 aromatic carbocycles. The van der Waals surface area contributed by atoms with Crippen molar-refractivity contribution in [3.8, 4) is 0 Å². The molecule has 0 aromatic heterocycles. The summed E-state index contributed by atoms with van der Waals surface area (Å²) in [4.78, 5) is 25.3. The van der Waals surface area contributed by atoms with Gasteiger partial charge in [-0.25, -0.2) is 0 Å². The third-order valence-electron chi connectivity index (χ3n) is 4.30. The third kappa shape index (κ3) is 4.35. The van der Waals surface area contributed by atoms with Crippen LogP contribution in [0.4, 0.5) is 0 Å². The van der Waals surface area contributed by atoms with Crippen LogP contribution in [0.5, 0.6) is 0 Å². The van der Waals surface area contributed by atoms with Crippen LogP contribution in [0.2, 0.25) is 0 Å². The molecule has 0 aliphatic carbocycles. The highest BCUT2D eigenvalue weighted by atomic mass is 35.5. The van der Waals surface area contributed by atoms with Crippen molar-refractivity contribution in [2.75, 3.05) is 13.6 Å². The molecule has 2 amide bonds. The average Bonchev–Trinajstić information content (AvgIpc) is 2.74. The second-order valence-electron chi connectivity index (χ2n) is 5.79. The van der Waals surface area contributed by atoms with E-state index in [2.05, 4.69) is 10.6 Å². The lowest BCUT2D eigenvalue weighted by molar-refractivity contribution is -0.134. The van der Waals surface area contributed by atoms with Gasteiger partial charge in [-0.3, -0.25) is 9.59 Å². The Kier molecular flexibility index (Phi) is 6.76. The Bertz CT molecular complexity index is 339. The largest absolute Gasteiger partial charge is 0.347 e. The van der Waals surface area contributed by atoms with Gasteiger partial charge in [0.2, 0.25) is 11.8 Å². The third-order valence-corrected chi connectivity index (χ3v) is 4.30. The standard InChI is InChI=1S/C14H25N3O2.ClH/c1-3-4-13(18)15-9-14(19)17(2)12-7-10-5-6-11(8-12)16-10;/h10-12,16H,3-9H2,1-2H3,(H,15,18);1H. The molecule has 2 aliphatic heterocycles. The SMILES string of the molecule is CCCC(=O)NCC(=O)N(C)C1CC2CCC(C1)N2.Cl. The molecule has 6 heteroatoms. The summed E-state index contributed by atoms with van der Waals surface area (Å²) in [5.74, 6) is -0.00890. The number of rotatable bonds is 5.